The Bertz CT molecular complexity index is 596. The highest BCUT2D eigenvalue weighted by molar-refractivity contribution is 9.10. The molecular weight excluding hydrogens is 296 g/mol. The number of halogens is 1. The molecule has 18 heavy (non-hydrogen) atoms. The summed E-state index contributed by atoms with van der Waals surface area (Å²) in [5.41, 5.74) is 1.60. The Kier molecular flexibility index (Phi) is 3.61. The largest absolute Gasteiger partial charge is 0.497 e. The molecule has 0 bridgehead atoms. The van der Waals surface area contributed by atoms with Gasteiger partial charge in [-0.25, -0.2) is 4.68 Å². The van der Waals surface area contributed by atoms with Crippen molar-refractivity contribution in [2.45, 2.75) is 19.8 Å². The second-order valence-corrected chi connectivity index (χ2v) is 5.13. The van der Waals surface area contributed by atoms with Crippen molar-refractivity contribution in [3.8, 4) is 11.4 Å². The summed E-state index contributed by atoms with van der Waals surface area (Å²) in [6, 6.07) is 7.33. The topological polar surface area (TPSA) is 47.0 Å². The number of ether oxygens (including phenoxy) is 1. The zero-order chi connectivity index (χ0) is 13.3. The molecule has 0 aliphatic rings. The number of benzene rings is 1. The fraction of sp³-hybridized carbons (Fsp3) is 0.308. The summed E-state index contributed by atoms with van der Waals surface area (Å²) in [4.78, 5) is 12.1. The molecule has 1 aromatic carbocycles. The molecule has 0 amide bonds. The summed E-state index contributed by atoms with van der Waals surface area (Å²) < 4.78 is 7.21. The molecule has 0 atom stereocenters. The average molecular weight is 311 g/mol. The molecule has 2 rings (SSSR count). The van der Waals surface area contributed by atoms with E-state index in [9.17, 15) is 4.79 Å². The van der Waals surface area contributed by atoms with Gasteiger partial charge in [0.1, 0.15) is 10.2 Å². The van der Waals surface area contributed by atoms with Gasteiger partial charge in [0.05, 0.1) is 18.5 Å². The van der Waals surface area contributed by atoms with Crippen LogP contribution in [0.3, 0.4) is 0 Å². The van der Waals surface area contributed by atoms with Crippen molar-refractivity contribution in [3.05, 3.63) is 44.8 Å². The number of nitrogens with zero attached hydrogens (tertiary/aromatic N) is 1. The Morgan fingerprint density at radius 3 is 2.33 bits per heavy atom. The van der Waals surface area contributed by atoms with Gasteiger partial charge in [-0.3, -0.25) is 9.89 Å². The summed E-state index contributed by atoms with van der Waals surface area (Å²) in [5, 5.41) is 3.12. The van der Waals surface area contributed by atoms with Crippen molar-refractivity contribution in [1.82, 2.24) is 9.78 Å². The first-order chi connectivity index (χ1) is 8.54. The van der Waals surface area contributed by atoms with Crippen LogP contribution in [0.15, 0.2) is 33.5 Å². The highest BCUT2D eigenvalue weighted by Gasteiger charge is 2.15. The van der Waals surface area contributed by atoms with Gasteiger partial charge in [0, 0.05) is 0 Å². The molecule has 0 saturated heterocycles. The molecule has 5 heteroatoms. The SMILES string of the molecule is COc1ccc(-n2[nH]c(C(C)C)c(Br)c2=O)cc1. The summed E-state index contributed by atoms with van der Waals surface area (Å²) in [6.45, 7) is 4.07. The Morgan fingerprint density at radius 2 is 1.89 bits per heavy atom. The van der Waals surface area contributed by atoms with Crippen molar-refractivity contribution in [2.24, 2.45) is 0 Å². The van der Waals surface area contributed by atoms with Gasteiger partial charge in [-0.05, 0) is 46.1 Å². The summed E-state index contributed by atoms with van der Waals surface area (Å²) in [7, 11) is 1.61. The van der Waals surface area contributed by atoms with Gasteiger partial charge in [0.25, 0.3) is 5.56 Å². The molecule has 1 aromatic heterocycles. The van der Waals surface area contributed by atoms with E-state index in [1.807, 2.05) is 38.1 Å². The van der Waals surface area contributed by atoms with Gasteiger partial charge in [0.2, 0.25) is 0 Å². The maximum atomic E-state index is 12.1. The van der Waals surface area contributed by atoms with E-state index in [0.29, 0.717) is 4.47 Å². The van der Waals surface area contributed by atoms with E-state index in [-0.39, 0.29) is 11.5 Å². The maximum Gasteiger partial charge on any atom is 0.285 e. The standard InChI is InChI=1S/C13H15BrN2O2/c1-8(2)12-11(14)13(17)16(15-12)9-4-6-10(18-3)7-5-9/h4-8,15H,1-3H3. The molecule has 0 spiro atoms. The quantitative estimate of drug-likeness (QED) is 0.947. The number of hydrogen-bond acceptors (Lipinski definition) is 2. The Morgan fingerprint density at radius 1 is 1.28 bits per heavy atom. The van der Waals surface area contributed by atoms with E-state index in [0.717, 1.165) is 17.1 Å². The summed E-state index contributed by atoms with van der Waals surface area (Å²) in [5.74, 6) is 1.02. The molecule has 0 radical (unpaired) electrons. The van der Waals surface area contributed by atoms with Gasteiger partial charge in [-0.1, -0.05) is 13.8 Å². The van der Waals surface area contributed by atoms with Gasteiger partial charge in [-0.2, -0.15) is 0 Å². The fourth-order valence-electron chi connectivity index (χ4n) is 1.73. The molecule has 0 unspecified atom stereocenters. The molecule has 0 fully saturated rings. The molecule has 1 heterocycles. The van der Waals surface area contributed by atoms with Crippen LogP contribution in [0.25, 0.3) is 5.69 Å². The van der Waals surface area contributed by atoms with E-state index < -0.39 is 0 Å². The molecule has 2 aromatic rings. The first kappa shape index (κ1) is 13.0. The van der Waals surface area contributed by atoms with E-state index in [2.05, 4.69) is 21.0 Å². The second kappa shape index (κ2) is 5.02. The number of H-pyrrole nitrogens is 1. The maximum absolute atomic E-state index is 12.1. The smallest absolute Gasteiger partial charge is 0.285 e. The van der Waals surface area contributed by atoms with Gasteiger partial charge in [0.15, 0.2) is 0 Å². The average Bonchev–Trinajstić information content (AvgIpc) is 2.67. The lowest BCUT2D eigenvalue weighted by atomic mass is 10.1. The van der Waals surface area contributed by atoms with E-state index in [1.165, 1.54) is 4.68 Å². The van der Waals surface area contributed by atoms with Gasteiger partial charge in [-0.15, -0.1) is 0 Å². The van der Waals surface area contributed by atoms with Crippen LogP contribution in [0.4, 0.5) is 0 Å². The number of aromatic amines is 1. The van der Waals surface area contributed by atoms with Crippen LogP contribution in [0.5, 0.6) is 5.75 Å². The molecule has 0 aliphatic carbocycles. The molecule has 4 nitrogen and oxygen atoms in total. The van der Waals surface area contributed by atoms with E-state index in [1.54, 1.807) is 7.11 Å². The highest BCUT2D eigenvalue weighted by Crippen LogP contribution is 2.21. The first-order valence-corrected chi connectivity index (χ1v) is 6.48. The third kappa shape index (κ3) is 2.22. The minimum atomic E-state index is -0.0798. The van der Waals surface area contributed by atoms with Crippen molar-refractivity contribution in [2.75, 3.05) is 7.11 Å². The van der Waals surface area contributed by atoms with Crippen LogP contribution in [-0.4, -0.2) is 16.9 Å². The third-order valence-corrected chi connectivity index (χ3v) is 3.53. The van der Waals surface area contributed by atoms with Crippen LogP contribution >= 0.6 is 15.9 Å². The minimum absolute atomic E-state index is 0.0798. The van der Waals surface area contributed by atoms with Gasteiger partial charge < -0.3 is 4.74 Å². The van der Waals surface area contributed by atoms with Crippen LogP contribution in [-0.2, 0) is 0 Å². The molecule has 1 N–H and O–H groups in total. The fourth-order valence-corrected chi connectivity index (χ4v) is 2.45. The number of nitrogens with one attached hydrogen (secondary N) is 1. The molecule has 0 saturated carbocycles. The van der Waals surface area contributed by atoms with Crippen molar-refractivity contribution in [3.63, 3.8) is 0 Å². The van der Waals surface area contributed by atoms with E-state index >= 15 is 0 Å². The van der Waals surface area contributed by atoms with Crippen LogP contribution in [0.1, 0.15) is 25.5 Å². The zero-order valence-corrected chi connectivity index (χ0v) is 12.1. The number of rotatable bonds is 3. The predicted octanol–water partition coefficient (Wildman–Crippen LogP) is 3.06. The minimum Gasteiger partial charge on any atom is -0.497 e. The number of hydrogen-bond donors (Lipinski definition) is 1. The van der Waals surface area contributed by atoms with Crippen molar-refractivity contribution >= 4 is 15.9 Å². The Labute approximate surface area is 114 Å². The monoisotopic (exact) mass is 310 g/mol. The lowest BCUT2D eigenvalue weighted by molar-refractivity contribution is 0.414. The Balaban J connectivity index is 2.50. The third-order valence-electron chi connectivity index (χ3n) is 2.77. The van der Waals surface area contributed by atoms with Crippen LogP contribution in [0.2, 0.25) is 0 Å². The zero-order valence-electron chi connectivity index (χ0n) is 10.5. The number of methoxy groups -OCH3 is 1. The lowest BCUT2D eigenvalue weighted by Crippen LogP contribution is -2.14. The van der Waals surface area contributed by atoms with Crippen LogP contribution in [0, 0.1) is 0 Å². The summed E-state index contributed by atoms with van der Waals surface area (Å²) in [6.07, 6.45) is 0. The van der Waals surface area contributed by atoms with Crippen molar-refractivity contribution < 1.29 is 4.74 Å². The Hall–Kier alpha value is -1.49. The summed E-state index contributed by atoms with van der Waals surface area (Å²) >= 11 is 3.34. The lowest BCUT2D eigenvalue weighted by Gasteiger charge is -2.04. The predicted molar refractivity (Wildman–Crippen MR) is 74.7 cm³/mol. The highest BCUT2D eigenvalue weighted by atomic mass is 79.9. The number of aromatic nitrogens is 2. The van der Waals surface area contributed by atoms with Crippen molar-refractivity contribution in [1.29, 1.82) is 0 Å². The molecular formula is C13H15BrN2O2. The second-order valence-electron chi connectivity index (χ2n) is 4.33. The van der Waals surface area contributed by atoms with E-state index in [4.69, 9.17) is 4.74 Å². The normalized spacial score (nSPS) is 10.9. The molecule has 96 valence electrons. The first-order valence-electron chi connectivity index (χ1n) is 5.69. The van der Waals surface area contributed by atoms with Crippen LogP contribution < -0.4 is 10.3 Å². The molecule has 0 aliphatic heterocycles. The van der Waals surface area contributed by atoms with Gasteiger partial charge >= 0.3 is 0 Å².